The van der Waals surface area contributed by atoms with Crippen LogP contribution >= 0.6 is 11.3 Å². The molecule has 1 aromatic heterocycles. The van der Waals surface area contributed by atoms with Gasteiger partial charge in [0.05, 0.1) is 7.11 Å². The first-order chi connectivity index (χ1) is 8.69. The molecular weight excluding hydrogens is 244 g/mol. The molecule has 0 atom stereocenters. The maximum atomic E-state index is 5.73. The van der Waals surface area contributed by atoms with Crippen molar-refractivity contribution < 1.29 is 4.74 Å². The summed E-state index contributed by atoms with van der Waals surface area (Å²) in [6.45, 7) is 3.78. The SMILES string of the molecule is COc1cc(N)ccc1CNCc1ccc(C)s1. The van der Waals surface area contributed by atoms with E-state index < -0.39 is 0 Å². The van der Waals surface area contributed by atoms with Gasteiger partial charge in [-0.3, -0.25) is 0 Å². The second-order valence-corrected chi connectivity index (χ2v) is 5.56. The van der Waals surface area contributed by atoms with Crippen LogP contribution in [0.5, 0.6) is 5.75 Å². The Bertz CT molecular complexity index is 522. The van der Waals surface area contributed by atoms with Gasteiger partial charge in [-0.1, -0.05) is 6.07 Å². The molecule has 0 aliphatic rings. The van der Waals surface area contributed by atoms with E-state index in [4.69, 9.17) is 10.5 Å². The van der Waals surface area contributed by atoms with Gasteiger partial charge in [-0.15, -0.1) is 11.3 Å². The average Bonchev–Trinajstić information content (AvgIpc) is 2.77. The lowest BCUT2D eigenvalue weighted by atomic mass is 10.2. The van der Waals surface area contributed by atoms with Crippen molar-refractivity contribution in [3.8, 4) is 5.75 Å². The zero-order chi connectivity index (χ0) is 13.0. The predicted molar refractivity (Wildman–Crippen MR) is 77.0 cm³/mol. The van der Waals surface area contributed by atoms with E-state index in [2.05, 4.69) is 24.4 Å². The van der Waals surface area contributed by atoms with Gasteiger partial charge in [0.2, 0.25) is 0 Å². The molecular formula is C14H18N2OS. The first-order valence-electron chi connectivity index (χ1n) is 5.87. The third-order valence-electron chi connectivity index (χ3n) is 2.72. The molecule has 18 heavy (non-hydrogen) atoms. The van der Waals surface area contributed by atoms with Crippen LogP contribution < -0.4 is 15.8 Å². The van der Waals surface area contributed by atoms with Crippen molar-refractivity contribution in [2.75, 3.05) is 12.8 Å². The fourth-order valence-corrected chi connectivity index (χ4v) is 2.67. The van der Waals surface area contributed by atoms with Crippen LogP contribution in [0.1, 0.15) is 15.3 Å². The first-order valence-corrected chi connectivity index (χ1v) is 6.69. The highest BCUT2D eigenvalue weighted by Gasteiger charge is 2.03. The summed E-state index contributed by atoms with van der Waals surface area (Å²) in [6, 6.07) is 10.1. The van der Waals surface area contributed by atoms with Crippen LogP contribution in [0.4, 0.5) is 5.69 Å². The van der Waals surface area contributed by atoms with Crippen molar-refractivity contribution in [2.45, 2.75) is 20.0 Å². The molecule has 0 aliphatic heterocycles. The molecule has 0 fully saturated rings. The number of hydrogen-bond acceptors (Lipinski definition) is 4. The molecule has 0 aliphatic carbocycles. The summed E-state index contributed by atoms with van der Waals surface area (Å²) >= 11 is 1.82. The van der Waals surface area contributed by atoms with Gasteiger partial charge in [-0.25, -0.2) is 0 Å². The number of rotatable bonds is 5. The highest BCUT2D eigenvalue weighted by Crippen LogP contribution is 2.21. The Labute approximate surface area is 112 Å². The van der Waals surface area contributed by atoms with Gasteiger partial charge in [0.15, 0.2) is 0 Å². The summed E-state index contributed by atoms with van der Waals surface area (Å²) in [6.07, 6.45) is 0. The quantitative estimate of drug-likeness (QED) is 0.814. The van der Waals surface area contributed by atoms with E-state index >= 15 is 0 Å². The van der Waals surface area contributed by atoms with E-state index in [1.54, 1.807) is 7.11 Å². The molecule has 4 heteroatoms. The number of benzene rings is 1. The van der Waals surface area contributed by atoms with Crippen LogP contribution in [0.15, 0.2) is 30.3 Å². The van der Waals surface area contributed by atoms with Crippen LogP contribution in [0.25, 0.3) is 0 Å². The van der Waals surface area contributed by atoms with E-state index in [1.165, 1.54) is 9.75 Å². The summed E-state index contributed by atoms with van der Waals surface area (Å²) in [5.41, 5.74) is 7.58. The third-order valence-corrected chi connectivity index (χ3v) is 3.72. The van der Waals surface area contributed by atoms with Gasteiger partial charge < -0.3 is 15.8 Å². The summed E-state index contributed by atoms with van der Waals surface area (Å²) in [4.78, 5) is 2.69. The maximum Gasteiger partial charge on any atom is 0.125 e. The Balaban J connectivity index is 1.94. The molecule has 2 rings (SSSR count). The van der Waals surface area contributed by atoms with Gasteiger partial charge in [-0.2, -0.15) is 0 Å². The lowest BCUT2D eigenvalue weighted by Gasteiger charge is -2.10. The Hall–Kier alpha value is -1.52. The Morgan fingerprint density at radius 3 is 2.72 bits per heavy atom. The van der Waals surface area contributed by atoms with Gasteiger partial charge in [-0.05, 0) is 25.1 Å². The van der Waals surface area contributed by atoms with Crippen LogP contribution in [-0.2, 0) is 13.1 Å². The topological polar surface area (TPSA) is 47.3 Å². The van der Waals surface area contributed by atoms with Crippen molar-refractivity contribution in [2.24, 2.45) is 0 Å². The van der Waals surface area contributed by atoms with Gasteiger partial charge in [0.1, 0.15) is 5.75 Å². The normalized spacial score (nSPS) is 10.6. The molecule has 3 N–H and O–H groups in total. The largest absolute Gasteiger partial charge is 0.496 e. The molecule has 0 spiro atoms. The number of anilines is 1. The standard InChI is InChI=1S/C14H18N2OS/c1-10-3-6-13(18-10)9-16-8-11-4-5-12(15)7-14(11)17-2/h3-7,16H,8-9,15H2,1-2H3. The maximum absolute atomic E-state index is 5.73. The molecule has 0 amide bonds. The van der Waals surface area contributed by atoms with Gasteiger partial charge in [0.25, 0.3) is 0 Å². The lowest BCUT2D eigenvalue weighted by Crippen LogP contribution is -2.12. The van der Waals surface area contributed by atoms with Crippen molar-refractivity contribution in [3.63, 3.8) is 0 Å². The minimum atomic E-state index is 0.726. The number of aryl methyl sites for hydroxylation is 1. The van der Waals surface area contributed by atoms with E-state index in [0.717, 1.165) is 30.1 Å². The number of hydrogen-bond donors (Lipinski definition) is 2. The lowest BCUT2D eigenvalue weighted by molar-refractivity contribution is 0.408. The highest BCUT2D eigenvalue weighted by atomic mass is 32.1. The molecule has 0 radical (unpaired) electrons. The number of ether oxygens (including phenoxy) is 1. The van der Waals surface area contributed by atoms with Crippen molar-refractivity contribution in [1.82, 2.24) is 5.32 Å². The highest BCUT2D eigenvalue weighted by molar-refractivity contribution is 7.11. The van der Waals surface area contributed by atoms with Crippen LogP contribution in [0.2, 0.25) is 0 Å². The minimum absolute atomic E-state index is 0.726. The Morgan fingerprint density at radius 2 is 2.06 bits per heavy atom. The van der Waals surface area contributed by atoms with E-state index in [1.807, 2.05) is 29.5 Å². The number of nitrogens with two attached hydrogens (primary N) is 1. The first kappa shape index (κ1) is 12.9. The Kier molecular flexibility index (Phi) is 4.23. The van der Waals surface area contributed by atoms with E-state index in [-0.39, 0.29) is 0 Å². The molecule has 3 nitrogen and oxygen atoms in total. The molecule has 0 saturated carbocycles. The minimum Gasteiger partial charge on any atom is -0.496 e. The smallest absolute Gasteiger partial charge is 0.125 e. The fraction of sp³-hybridized carbons (Fsp3) is 0.286. The second kappa shape index (κ2) is 5.89. The summed E-state index contributed by atoms with van der Waals surface area (Å²) < 4.78 is 5.32. The summed E-state index contributed by atoms with van der Waals surface area (Å²) in [5.74, 6) is 0.838. The molecule has 0 bridgehead atoms. The molecule has 96 valence electrons. The third kappa shape index (κ3) is 3.24. The molecule has 1 heterocycles. The average molecular weight is 262 g/mol. The van der Waals surface area contributed by atoms with Crippen LogP contribution in [0, 0.1) is 6.92 Å². The summed E-state index contributed by atoms with van der Waals surface area (Å²) in [7, 11) is 1.67. The number of thiophene rings is 1. The van der Waals surface area contributed by atoms with E-state index in [9.17, 15) is 0 Å². The summed E-state index contributed by atoms with van der Waals surface area (Å²) in [5, 5.41) is 3.42. The second-order valence-electron chi connectivity index (χ2n) is 4.19. The van der Waals surface area contributed by atoms with Gasteiger partial charge in [0, 0.05) is 40.2 Å². The molecule has 0 unspecified atom stereocenters. The zero-order valence-corrected chi connectivity index (χ0v) is 11.5. The van der Waals surface area contributed by atoms with Gasteiger partial charge >= 0.3 is 0 Å². The number of methoxy groups -OCH3 is 1. The Morgan fingerprint density at radius 1 is 1.22 bits per heavy atom. The van der Waals surface area contributed by atoms with Crippen molar-refractivity contribution in [3.05, 3.63) is 45.6 Å². The number of nitrogen functional groups attached to an aromatic ring is 1. The monoisotopic (exact) mass is 262 g/mol. The molecule has 1 aromatic carbocycles. The van der Waals surface area contributed by atoms with Crippen LogP contribution in [-0.4, -0.2) is 7.11 Å². The van der Waals surface area contributed by atoms with Crippen LogP contribution in [0.3, 0.4) is 0 Å². The fourth-order valence-electron chi connectivity index (χ4n) is 1.81. The van der Waals surface area contributed by atoms with Crippen molar-refractivity contribution >= 4 is 17.0 Å². The predicted octanol–water partition coefficient (Wildman–Crippen LogP) is 2.94. The molecule has 0 saturated heterocycles. The number of nitrogens with one attached hydrogen (secondary N) is 1. The molecule has 2 aromatic rings. The van der Waals surface area contributed by atoms with Crippen molar-refractivity contribution in [1.29, 1.82) is 0 Å². The van der Waals surface area contributed by atoms with E-state index in [0.29, 0.717) is 0 Å². The zero-order valence-electron chi connectivity index (χ0n) is 10.7.